The molecule has 0 aliphatic carbocycles. The average Bonchev–Trinajstić information content (AvgIpc) is 2.39. The van der Waals surface area contributed by atoms with Crippen LogP contribution in [-0.2, 0) is 6.18 Å². The molecule has 2 rings (SSSR count). The number of nitrogens with zero attached hydrogens (tertiary/aromatic N) is 2. The van der Waals surface area contributed by atoms with Gasteiger partial charge in [-0.3, -0.25) is 0 Å². The number of nitrogens with two attached hydrogens (primary N) is 1. The van der Waals surface area contributed by atoms with Crippen LogP contribution in [-0.4, -0.2) is 16.1 Å². The van der Waals surface area contributed by atoms with Crippen molar-refractivity contribution in [3.8, 4) is 5.75 Å². The van der Waals surface area contributed by atoms with Crippen molar-refractivity contribution >= 4 is 29.5 Å². The molecule has 1 aromatic heterocycles. The Kier molecular flexibility index (Phi) is 4.77. The highest BCUT2D eigenvalue weighted by molar-refractivity contribution is 7.99. The van der Waals surface area contributed by atoms with Gasteiger partial charge in [0.15, 0.2) is 0 Å². The molecule has 0 aliphatic heterocycles. The second-order valence-corrected chi connectivity index (χ2v) is 5.25. The van der Waals surface area contributed by atoms with Gasteiger partial charge in [-0.05, 0) is 35.9 Å². The van der Waals surface area contributed by atoms with E-state index in [4.69, 9.17) is 17.3 Å². The van der Waals surface area contributed by atoms with Gasteiger partial charge in [0.1, 0.15) is 16.3 Å². The van der Waals surface area contributed by atoms with E-state index in [2.05, 4.69) is 14.7 Å². The molecule has 0 spiro atoms. The first kappa shape index (κ1) is 16.4. The van der Waals surface area contributed by atoms with Crippen molar-refractivity contribution in [1.29, 1.82) is 0 Å². The van der Waals surface area contributed by atoms with Gasteiger partial charge in [0, 0.05) is 11.1 Å². The fourth-order valence-electron chi connectivity index (χ4n) is 1.42. The van der Waals surface area contributed by atoms with Crippen LogP contribution in [0.4, 0.5) is 18.0 Å². The lowest BCUT2D eigenvalue weighted by atomic mass is 10.3. The summed E-state index contributed by atoms with van der Waals surface area (Å²) in [6.07, 6.45) is -4.95. The molecule has 0 fully saturated rings. The van der Waals surface area contributed by atoms with Crippen molar-refractivity contribution in [3.05, 3.63) is 41.3 Å². The van der Waals surface area contributed by atoms with E-state index in [0.717, 1.165) is 11.8 Å². The van der Waals surface area contributed by atoms with Crippen molar-refractivity contribution in [1.82, 2.24) is 9.97 Å². The molecule has 0 radical (unpaired) electrons. The summed E-state index contributed by atoms with van der Waals surface area (Å²) >= 11 is 6.30. The third-order valence-corrected chi connectivity index (χ3v) is 3.48. The molecular weight excluding hydrogens is 343 g/mol. The normalized spacial score (nSPS) is 11.3. The third kappa shape index (κ3) is 4.25. The van der Waals surface area contributed by atoms with Crippen LogP contribution in [0.2, 0.25) is 5.28 Å². The first-order valence-corrected chi connectivity index (χ1v) is 6.80. The molecule has 2 N–H and O–H groups in total. The summed E-state index contributed by atoms with van der Waals surface area (Å²) in [6, 6.07) is 5.70. The maximum absolute atomic E-state index is 12.9. The van der Waals surface area contributed by atoms with Crippen LogP contribution in [0.1, 0.15) is 5.56 Å². The Bertz CT molecular complexity index is 695. The van der Waals surface area contributed by atoms with Crippen molar-refractivity contribution < 1.29 is 22.7 Å². The number of carbonyl (C=O) groups is 1. The van der Waals surface area contributed by atoms with Gasteiger partial charge in [0.2, 0.25) is 5.28 Å². The van der Waals surface area contributed by atoms with Gasteiger partial charge < -0.3 is 10.5 Å². The van der Waals surface area contributed by atoms with Gasteiger partial charge >= 0.3 is 12.3 Å². The van der Waals surface area contributed by atoms with E-state index < -0.39 is 17.8 Å². The van der Waals surface area contributed by atoms with E-state index in [0.29, 0.717) is 11.1 Å². The van der Waals surface area contributed by atoms with Gasteiger partial charge in [-0.15, -0.1) is 0 Å². The highest BCUT2D eigenvalue weighted by atomic mass is 35.5. The number of amides is 1. The smallest absolute Gasteiger partial charge is 0.411 e. The summed E-state index contributed by atoms with van der Waals surface area (Å²) in [5, 5.41) is -0.611. The summed E-state index contributed by atoms with van der Waals surface area (Å²) < 4.78 is 43.3. The first-order valence-electron chi connectivity index (χ1n) is 5.60. The minimum atomic E-state index is -4.60. The molecule has 1 aromatic carbocycles. The van der Waals surface area contributed by atoms with Crippen LogP contribution >= 0.6 is 23.4 Å². The Hall–Kier alpha value is -2.00. The Balaban J connectivity index is 2.27. The van der Waals surface area contributed by atoms with Crippen LogP contribution in [0.15, 0.2) is 40.4 Å². The van der Waals surface area contributed by atoms with Gasteiger partial charge in [0.05, 0.1) is 0 Å². The van der Waals surface area contributed by atoms with Crippen LogP contribution in [0, 0.1) is 0 Å². The largest absolute Gasteiger partial charge is 0.420 e. The molecule has 0 saturated heterocycles. The minimum Gasteiger partial charge on any atom is -0.411 e. The lowest BCUT2D eigenvalue weighted by Gasteiger charge is -2.11. The predicted molar refractivity (Wildman–Crippen MR) is 72.8 cm³/mol. The number of benzene rings is 1. The maximum atomic E-state index is 12.9. The van der Waals surface area contributed by atoms with E-state index in [1.807, 2.05) is 0 Å². The summed E-state index contributed by atoms with van der Waals surface area (Å²) in [5.41, 5.74) is 3.86. The number of aromatic nitrogens is 2. The molecule has 116 valence electrons. The second-order valence-electron chi connectivity index (χ2n) is 3.85. The molecule has 0 saturated carbocycles. The highest BCUT2D eigenvalue weighted by Crippen LogP contribution is 2.38. The number of carbonyl (C=O) groups excluding carboxylic acids is 1. The number of primary amides is 1. The van der Waals surface area contributed by atoms with Crippen molar-refractivity contribution in [3.63, 3.8) is 0 Å². The third-order valence-electron chi connectivity index (χ3n) is 2.29. The van der Waals surface area contributed by atoms with Gasteiger partial charge in [0.25, 0.3) is 0 Å². The summed E-state index contributed by atoms with van der Waals surface area (Å²) in [6.45, 7) is 0. The number of alkyl halides is 3. The Morgan fingerprint density at radius 2 is 1.91 bits per heavy atom. The number of halogens is 4. The molecule has 10 heteroatoms. The van der Waals surface area contributed by atoms with Crippen molar-refractivity contribution in [2.24, 2.45) is 5.73 Å². The predicted octanol–water partition coefficient (Wildman–Crippen LogP) is 3.76. The van der Waals surface area contributed by atoms with Gasteiger partial charge in [-0.25, -0.2) is 14.8 Å². The van der Waals surface area contributed by atoms with Gasteiger partial charge in [-0.1, -0.05) is 11.8 Å². The van der Waals surface area contributed by atoms with Gasteiger partial charge in [-0.2, -0.15) is 13.2 Å². The average molecular weight is 350 g/mol. The number of hydrogen-bond donors (Lipinski definition) is 1. The SMILES string of the molecule is NC(=O)Oc1ccc(Sc2nc(Cl)ncc2C(F)(F)F)cc1. The summed E-state index contributed by atoms with van der Waals surface area (Å²) in [4.78, 5) is 18.0. The van der Waals surface area contributed by atoms with Crippen LogP contribution in [0.5, 0.6) is 5.75 Å². The van der Waals surface area contributed by atoms with Crippen molar-refractivity contribution in [2.75, 3.05) is 0 Å². The zero-order chi connectivity index (χ0) is 16.3. The minimum absolute atomic E-state index is 0.175. The van der Waals surface area contributed by atoms with E-state index >= 15 is 0 Å². The first-order chi connectivity index (χ1) is 10.3. The second kappa shape index (κ2) is 6.41. The number of ether oxygens (including phenoxy) is 1. The molecule has 0 atom stereocenters. The van der Waals surface area contributed by atoms with Crippen LogP contribution < -0.4 is 10.5 Å². The van der Waals surface area contributed by atoms with E-state index in [-0.39, 0.29) is 16.1 Å². The zero-order valence-corrected chi connectivity index (χ0v) is 12.2. The lowest BCUT2D eigenvalue weighted by Crippen LogP contribution is -2.16. The summed E-state index contributed by atoms with van der Waals surface area (Å²) in [5.74, 6) is 0.175. The quantitative estimate of drug-likeness (QED) is 0.674. The number of hydrogen-bond acceptors (Lipinski definition) is 5. The molecule has 0 bridgehead atoms. The molecule has 1 amide bonds. The standard InChI is InChI=1S/C12H7ClF3N3O2S/c13-10-18-5-8(12(14,15)16)9(19-10)22-7-3-1-6(2-4-7)21-11(17)20/h1-5H,(H2,17,20). The van der Waals surface area contributed by atoms with E-state index in [1.165, 1.54) is 24.3 Å². The monoisotopic (exact) mass is 349 g/mol. The Labute approximate surface area is 131 Å². The van der Waals surface area contributed by atoms with E-state index in [9.17, 15) is 18.0 Å². The Morgan fingerprint density at radius 3 is 2.45 bits per heavy atom. The molecule has 0 aliphatic rings. The summed E-state index contributed by atoms with van der Waals surface area (Å²) in [7, 11) is 0. The van der Waals surface area contributed by atoms with E-state index in [1.54, 1.807) is 0 Å². The zero-order valence-electron chi connectivity index (χ0n) is 10.6. The fourth-order valence-corrected chi connectivity index (χ4v) is 2.51. The molecule has 22 heavy (non-hydrogen) atoms. The molecule has 2 aromatic rings. The molecule has 0 unspecified atom stereocenters. The van der Waals surface area contributed by atoms with Crippen LogP contribution in [0.3, 0.4) is 0 Å². The van der Waals surface area contributed by atoms with Crippen LogP contribution in [0.25, 0.3) is 0 Å². The lowest BCUT2D eigenvalue weighted by molar-refractivity contribution is -0.140. The highest BCUT2D eigenvalue weighted by Gasteiger charge is 2.35. The fraction of sp³-hybridized carbons (Fsp3) is 0.0833. The Morgan fingerprint density at radius 1 is 1.27 bits per heavy atom. The topological polar surface area (TPSA) is 78.1 Å². The molecule has 5 nitrogen and oxygen atoms in total. The number of rotatable bonds is 3. The van der Waals surface area contributed by atoms with Crippen molar-refractivity contribution in [2.45, 2.75) is 16.1 Å². The molecule has 1 heterocycles. The maximum Gasteiger partial charge on any atom is 0.420 e. The molecular formula is C12H7ClF3N3O2S.